The smallest absolute Gasteiger partial charge is 0.251 e. The Kier molecular flexibility index (Phi) is 6.06. The van der Waals surface area contributed by atoms with Crippen LogP contribution in [0.25, 0.3) is 0 Å². The van der Waals surface area contributed by atoms with Crippen molar-refractivity contribution in [2.75, 3.05) is 0 Å². The van der Waals surface area contributed by atoms with Gasteiger partial charge in [0.05, 0.1) is 6.54 Å². The molecule has 2 amide bonds. The van der Waals surface area contributed by atoms with Crippen LogP contribution < -0.4 is 10.6 Å². The number of amides is 2. The number of carbonyl (C=O) groups is 2. The predicted molar refractivity (Wildman–Crippen MR) is 90.0 cm³/mol. The van der Waals surface area contributed by atoms with E-state index in [4.69, 9.17) is 0 Å². The molecule has 0 fully saturated rings. The quantitative estimate of drug-likeness (QED) is 0.801. The van der Waals surface area contributed by atoms with Crippen LogP contribution in [-0.4, -0.2) is 32.6 Å². The Bertz CT molecular complexity index is 683. The van der Waals surface area contributed by atoms with E-state index < -0.39 is 6.04 Å². The minimum atomic E-state index is -0.601. The van der Waals surface area contributed by atoms with Gasteiger partial charge in [0.1, 0.15) is 18.2 Å². The Balaban J connectivity index is 2.03. The van der Waals surface area contributed by atoms with Crippen LogP contribution in [0.3, 0.4) is 0 Å². The van der Waals surface area contributed by atoms with Crippen LogP contribution in [0.15, 0.2) is 36.7 Å². The van der Waals surface area contributed by atoms with Crippen LogP contribution in [0.5, 0.6) is 0 Å². The lowest BCUT2D eigenvalue weighted by Crippen LogP contribution is -2.50. The molecular formula is C17H23N5O2. The first-order valence-corrected chi connectivity index (χ1v) is 7.99. The minimum Gasteiger partial charge on any atom is -0.347 e. The maximum absolute atomic E-state index is 12.5. The Hall–Kier alpha value is -2.70. The van der Waals surface area contributed by atoms with E-state index in [0.717, 1.165) is 6.42 Å². The molecule has 1 aromatic carbocycles. The topological polar surface area (TPSA) is 88.9 Å². The molecule has 2 atom stereocenters. The number of aromatic nitrogens is 3. The van der Waals surface area contributed by atoms with Gasteiger partial charge < -0.3 is 10.6 Å². The van der Waals surface area contributed by atoms with Crippen LogP contribution in [0, 0.1) is 5.92 Å². The van der Waals surface area contributed by atoms with Crippen molar-refractivity contribution in [1.29, 1.82) is 0 Å². The van der Waals surface area contributed by atoms with Crippen molar-refractivity contribution >= 4 is 11.8 Å². The molecule has 0 saturated heterocycles. The fourth-order valence-electron chi connectivity index (χ4n) is 2.27. The summed E-state index contributed by atoms with van der Waals surface area (Å²) in [5.74, 6) is 0.184. The third-order valence-corrected chi connectivity index (χ3v) is 4.04. The second-order valence-electron chi connectivity index (χ2n) is 5.72. The highest BCUT2D eigenvalue weighted by Gasteiger charge is 2.26. The van der Waals surface area contributed by atoms with Crippen LogP contribution in [0.2, 0.25) is 0 Å². The average Bonchev–Trinajstić information content (AvgIpc) is 3.02. The molecule has 1 aromatic heterocycles. The Morgan fingerprint density at radius 2 is 1.96 bits per heavy atom. The van der Waals surface area contributed by atoms with Gasteiger partial charge in [-0.15, -0.1) is 0 Å². The fraction of sp³-hybridized carbons (Fsp3) is 0.412. The normalized spacial score (nSPS) is 13.1. The van der Waals surface area contributed by atoms with E-state index >= 15 is 0 Å². The van der Waals surface area contributed by atoms with E-state index in [1.807, 2.05) is 19.9 Å². The molecule has 0 aliphatic rings. The molecule has 0 spiro atoms. The molecule has 7 nitrogen and oxygen atoms in total. The Morgan fingerprint density at radius 1 is 1.25 bits per heavy atom. The standard InChI is InChI=1S/C17H23N5O2/c1-4-12(2)15(21-16(23)13-8-6-5-7-9-13)17(24)18-10-14-19-11-20-22(14)3/h5-9,11-12,15H,4,10H2,1-3H3,(H,18,24)(H,21,23)/t12-,15-/m1/s1. The molecule has 0 bridgehead atoms. The zero-order chi connectivity index (χ0) is 17.5. The zero-order valence-corrected chi connectivity index (χ0v) is 14.2. The number of hydrogen-bond acceptors (Lipinski definition) is 4. The van der Waals surface area contributed by atoms with E-state index in [1.165, 1.54) is 6.33 Å². The van der Waals surface area contributed by atoms with E-state index in [9.17, 15) is 9.59 Å². The van der Waals surface area contributed by atoms with Crippen molar-refractivity contribution in [3.8, 4) is 0 Å². The van der Waals surface area contributed by atoms with Crippen molar-refractivity contribution in [2.45, 2.75) is 32.9 Å². The van der Waals surface area contributed by atoms with Gasteiger partial charge in [-0.1, -0.05) is 38.5 Å². The molecule has 1 heterocycles. The summed E-state index contributed by atoms with van der Waals surface area (Å²) < 4.78 is 1.60. The van der Waals surface area contributed by atoms with Crippen LogP contribution in [-0.2, 0) is 18.4 Å². The lowest BCUT2D eigenvalue weighted by atomic mass is 9.98. The molecule has 0 radical (unpaired) electrons. The molecule has 0 aliphatic heterocycles. The van der Waals surface area contributed by atoms with Gasteiger partial charge in [-0.05, 0) is 18.1 Å². The van der Waals surface area contributed by atoms with E-state index in [2.05, 4.69) is 20.7 Å². The third-order valence-electron chi connectivity index (χ3n) is 4.04. The lowest BCUT2D eigenvalue weighted by molar-refractivity contribution is -0.124. The summed E-state index contributed by atoms with van der Waals surface area (Å²) in [5.41, 5.74) is 0.534. The number of benzene rings is 1. The summed E-state index contributed by atoms with van der Waals surface area (Å²) in [6, 6.07) is 8.27. The molecule has 2 N–H and O–H groups in total. The first-order chi connectivity index (χ1) is 11.5. The minimum absolute atomic E-state index is 0.0113. The highest BCUT2D eigenvalue weighted by atomic mass is 16.2. The van der Waals surface area contributed by atoms with Crippen molar-refractivity contribution in [1.82, 2.24) is 25.4 Å². The average molecular weight is 329 g/mol. The summed E-state index contributed by atoms with van der Waals surface area (Å²) in [6.45, 7) is 4.20. The zero-order valence-electron chi connectivity index (χ0n) is 14.2. The van der Waals surface area contributed by atoms with Gasteiger partial charge in [-0.3, -0.25) is 14.3 Å². The molecule has 2 rings (SSSR count). The van der Waals surface area contributed by atoms with Gasteiger partial charge in [0.15, 0.2) is 0 Å². The number of aryl methyl sites for hydroxylation is 1. The molecule has 24 heavy (non-hydrogen) atoms. The van der Waals surface area contributed by atoms with Crippen molar-refractivity contribution in [3.63, 3.8) is 0 Å². The monoisotopic (exact) mass is 329 g/mol. The summed E-state index contributed by atoms with van der Waals surface area (Å²) in [6.07, 6.45) is 2.21. The lowest BCUT2D eigenvalue weighted by Gasteiger charge is -2.23. The maximum atomic E-state index is 12.5. The van der Waals surface area contributed by atoms with E-state index in [0.29, 0.717) is 11.4 Å². The predicted octanol–water partition coefficient (Wildman–Crippen LogP) is 1.28. The van der Waals surface area contributed by atoms with Crippen molar-refractivity contribution in [2.24, 2.45) is 13.0 Å². The van der Waals surface area contributed by atoms with E-state index in [1.54, 1.807) is 36.0 Å². The highest BCUT2D eigenvalue weighted by Crippen LogP contribution is 2.10. The Morgan fingerprint density at radius 3 is 2.54 bits per heavy atom. The number of hydrogen-bond donors (Lipinski definition) is 2. The van der Waals surface area contributed by atoms with Crippen LogP contribution in [0.1, 0.15) is 36.5 Å². The number of rotatable bonds is 7. The van der Waals surface area contributed by atoms with Gasteiger partial charge >= 0.3 is 0 Å². The molecule has 0 aliphatic carbocycles. The number of nitrogens with one attached hydrogen (secondary N) is 2. The maximum Gasteiger partial charge on any atom is 0.251 e. The molecule has 7 heteroatoms. The Labute approximate surface area is 141 Å². The second kappa shape index (κ2) is 8.24. The summed E-state index contributed by atoms with van der Waals surface area (Å²) in [7, 11) is 1.76. The van der Waals surface area contributed by atoms with Crippen LogP contribution in [0.4, 0.5) is 0 Å². The molecular weight excluding hydrogens is 306 g/mol. The highest BCUT2D eigenvalue weighted by molar-refractivity contribution is 5.97. The van der Waals surface area contributed by atoms with Crippen molar-refractivity contribution in [3.05, 3.63) is 48.0 Å². The van der Waals surface area contributed by atoms with Gasteiger partial charge in [-0.25, -0.2) is 4.98 Å². The summed E-state index contributed by atoms with van der Waals surface area (Å²) >= 11 is 0. The van der Waals surface area contributed by atoms with Crippen LogP contribution >= 0.6 is 0 Å². The summed E-state index contributed by atoms with van der Waals surface area (Å²) in [5, 5.41) is 9.62. The number of carbonyl (C=O) groups excluding carboxylic acids is 2. The van der Waals surface area contributed by atoms with Gasteiger partial charge in [-0.2, -0.15) is 5.10 Å². The summed E-state index contributed by atoms with van der Waals surface area (Å²) in [4.78, 5) is 29.0. The second-order valence-corrected chi connectivity index (χ2v) is 5.72. The first-order valence-electron chi connectivity index (χ1n) is 7.99. The van der Waals surface area contributed by atoms with Gasteiger partial charge in [0.25, 0.3) is 5.91 Å². The molecule has 128 valence electrons. The fourth-order valence-corrected chi connectivity index (χ4v) is 2.27. The first kappa shape index (κ1) is 17.7. The largest absolute Gasteiger partial charge is 0.347 e. The van der Waals surface area contributed by atoms with Gasteiger partial charge in [0, 0.05) is 12.6 Å². The van der Waals surface area contributed by atoms with E-state index in [-0.39, 0.29) is 24.3 Å². The third kappa shape index (κ3) is 4.41. The molecule has 2 aromatic rings. The van der Waals surface area contributed by atoms with Gasteiger partial charge in [0.2, 0.25) is 5.91 Å². The van der Waals surface area contributed by atoms with Crippen molar-refractivity contribution < 1.29 is 9.59 Å². The number of nitrogens with zero attached hydrogens (tertiary/aromatic N) is 3. The SMILES string of the molecule is CC[C@@H](C)[C@@H](NC(=O)c1ccccc1)C(=O)NCc1ncnn1C. The molecule has 0 unspecified atom stereocenters. The molecule has 0 saturated carbocycles.